The molecule has 3 nitrogen and oxygen atoms in total. The molecule has 1 aromatic carbocycles. The van der Waals surface area contributed by atoms with E-state index in [0.717, 1.165) is 4.43 Å². The van der Waals surface area contributed by atoms with Crippen molar-refractivity contribution in [1.29, 1.82) is 0 Å². The van der Waals surface area contributed by atoms with Crippen LogP contribution in [0.15, 0.2) is 24.3 Å². The zero-order chi connectivity index (χ0) is 11.7. The first-order chi connectivity index (χ1) is 7.65. The molecule has 0 radical (unpaired) electrons. The summed E-state index contributed by atoms with van der Waals surface area (Å²) in [6.45, 7) is 2.55. The second kappa shape index (κ2) is 4.53. The van der Waals surface area contributed by atoms with Gasteiger partial charge in [-0.05, 0) is 18.1 Å². The summed E-state index contributed by atoms with van der Waals surface area (Å²) < 4.78 is 0.936. The van der Waals surface area contributed by atoms with Gasteiger partial charge in [-0.25, -0.2) is 0 Å². The number of nitrogens with zero attached hydrogens (tertiary/aromatic N) is 1. The number of carbonyl (C=O) groups excluding carboxylic acids is 2. The Bertz CT molecular complexity index is 409. The molecule has 0 unspecified atom stereocenters. The molecule has 0 fully saturated rings. The van der Waals surface area contributed by atoms with Crippen molar-refractivity contribution in [3.05, 3.63) is 35.4 Å². The standard InChI is InChI=1S/C12H12INO2/c1-8(6-13)7-14-11(15)9-4-2-3-5-10(9)12(14)16/h2-5,8H,6-7H2,1H3/t8-/m0/s1. The van der Waals surface area contributed by atoms with Gasteiger partial charge in [-0.1, -0.05) is 41.6 Å². The Hall–Kier alpha value is -0.910. The SMILES string of the molecule is C[C@@H](CI)CN1C(=O)c2ccccc2C1=O. The van der Waals surface area contributed by atoms with Crippen molar-refractivity contribution < 1.29 is 9.59 Å². The Morgan fingerprint density at radius 1 is 1.19 bits per heavy atom. The molecule has 0 aliphatic carbocycles. The number of amides is 2. The largest absolute Gasteiger partial charge is 0.274 e. The minimum Gasteiger partial charge on any atom is -0.274 e. The summed E-state index contributed by atoms with van der Waals surface area (Å²) in [6.07, 6.45) is 0. The molecule has 1 atom stereocenters. The van der Waals surface area contributed by atoms with Gasteiger partial charge in [0.25, 0.3) is 11.8 Å². The second-order valence-electron chi connectivity index (χ2n) is 4.03. The molecule has 1 aliphatic rings. The average molecular weight is 329 g/mol. The van der Waals surface area contributed by atoms with Crippen LogP contribution in [0.1, 0.15) is 27.6 Å². The molecule has 2 amide bonds. The molecule has 0 saturated carbocycles. The third-order valence-electron chi connectivity index (χ3n) is 2.64. The van der Waals surface area contributed by atoms with Gasteiger partial charge in [0, 0.05) is 11.0 Å². The zero-order valence-electron chi connectivity index (χ0n) is 8.94. The highest BCUT2D eigenvalue weighted by atomic mass is 127. The molecule has 1 heterocycles. The number of halogens is 1. The lowest BCUT2D eigenvalue weighted by Gasteiger charge is -2.17. The minimum atomic E-state index is -0.155. The molecule has 2 rings (SSSR count). The van der Waals surface area contributed by atoms with Crippen molar-refractivity contribution in [2.75, 3.05) is 11.0 Å². The molecule has 0 saturated heterocycles. The van der Waals surface area contributed by atoms with E-state index in [9.17, 15) is 9.59 Å². The van der Waals surface area contributed by atoms with Gasteiger partial charge in [-0.15, -0.1) is 0 Å². The van der Waals surface area contributed by atoms with Gasteiger partial charge in [0.05, 0.1) is 11.1 Å². The van der Waals surface area contributed by atoms with Gasteiger partial charge in [0.1, 0.15) is 0 Å². The maximum absolute atomic E-state index is 12.0. The van der Waals surface area contributed by atoms with Crippen LogP contribution in [0.4, 0.5) is 0 Å². The number of alkyl halides is 1. The molecule has 0 aromatic heterocycles. The molecular formula is C12H12INO2. The summed E-state index contributed by atoms with van der Waals surface area (Å²) in [5, 5.41) is 0. The average Bonchev–Trinajstić information content (AvgIpc) is 2.55. The van der Waals surface area contributed by atoms with E-state index in [1.54, 1.807) is 24.3 Å². The van der Waals surface area contributed by atoms with Crippen LogP contribution in [-0.4, -0.2) is 27.7 Å². The first kappa shape index (κ1) is 11.6. The fraction of sp³-hybridized carbons (Fsp3) is 0.333. The van der Waals surface area contributed by atoms with Crippen molar-refractivity contribution in [2.45, 2.75) is 6.92 Å². The Kier molecular flexibility index (Phi) is 3.28. The smallest absolute Gasteiger partial charge is 0.261 e. The van der Waals surface area contributed by atoms with E-state index in [-0.39, 0.29) is 11.8 Å². The summed E-state index contributed by atoms with van der Waals surface area (Å²) >= 11 is 2.26. The van der Waals surface area contributed by atoms with Crippen molar-refractivity contribution in [1.82, 2.24) is 4.90 Å². The maximum Gasteiger partial charge on any atom is 0.261 e. The van der Waals surface area contributed by atoms with E-state index in [4.69, 9.17) is 0 Å². The van der Waals surface area contributed by atoms with E-state index in [1.807, 2.05) is 6.92 Å². The number of fused-ring (bicyclic) bond motifs is 1. The van der Waals surface area contributed by atoms with E-state index in [2.05, 4.69) is 22.6 Å². The molecular weight excluding hydrogens is 317 g/mol. The number of hydrogen-bond acceptors (Lipinski definition) is 2. The van der Waals surface area contributed by atoms with Crippen LogP contribution >= 0.6 is 22.6 Å². The molecule has 16 heavy (non-hydrogen) atoms. The second-order valence-corrected chi connectivity index (χ2v) is 4.91. The normalized spacial score (nSPS) is 16.5. The zero-order valence-corrected chi connectivity index (χ0v) is 11.1. The third-order valence-corrected chi connectivity index (χ3v) is 4.14. The maximum atomic E-state index is 12.0. The molecule has 1 aromatic rings. The van der Waals surface area contributed by atoms with Gasteiger partial charge in [-0.2, -0.15) is 0 Å². The molecule has 84 valence electrons. The van der Waals surface area contributed by atoms with Crippen molar-refractivity contribution in [2.24, 2.45) is 5.92 Å². The monoisotopic (exact) mass is 329 g/mol. The molecule has 0 bridgehead atoms. The first-order valence-electron chi connectivity index (χ1n) is 5.16. The predicted octanol–water partition coefficient (Wildman–Crippen LogP) is 2.35. The van der Waals surface area contributed by atoms with Crippen molar-refractivity contribution in [3.8, 4) is 0 Å². The Morgan fingerprint density at radius 2 is 1.69 bits per heavy atom. The molecule has 4 heteroatoms. The van der Waals surface area contributed by atoms with Crippen LogP contribution < -0.4 is 0 Å². The lowest BCUT2D eigenvalue weighted by molar-refractivity contribution is 0.0638. The van der Waals surface area contributed by atoms with E-state index in [1.165, 1.54) is 4.90 Å². The van der Waals surface area contributed by atoms with E-state index < -0.39 is 0 Å². The van der Waals surface area contributed by atoms with Gasteiger partial charge >= 0.3 is 0 Å². The number of benzene rings is 1. The van der Waals surface area contributed by atoms with Crippen LogP contribution in [0.25, 0.3) is 0 Å². The van der Waals surface area contributed by atoms with Crippen LogP contribution in [0.3, 0.4) is 0 Å². The van der Waals surface area contributed by atoms with Crippen LogP contribution in [-0.2, 0) is 0 Å². The third kappa shape index (κ3) is 1.86. The predicted molar refractivity (Wildman–Crippen MR) is 69.9 cm³/mol. The van der Waals surface area contributed by atoms with Gasteiger partial charge in [0.15, 0.2) is 0 Å². The highest BCUT2D eigenvalue weighted by Gasteiger charge is 2.35. The highest BCUT2D eigenvalue weighted by Crippen LogP contribution is 2.23. The fourth-order valence-corrected chi connectivity index (χ4v) is 2.04. The lowest BCUT2D eigenvalue weighted by Crippen LogP contribution is -2.34. The minimum absolute atomic E-state index is 0.155. The van der Waals surface area contributed by atoms with Crippen LogP contribution in [0.5, 0.6) is 0 Å². The number of rotatable bonds is 3. The van der Waals surface area contributed by atoms with Crippen molar-refractivity contribution in [3.63, 3.8) is 0 Å². The van der Waals surface area contributed by atoms with E-state index in [0.29, 0.717) is 23.6 Å². The summed E-state index contributed by atoms with van der Waals surface area (Å²) in [5.41, 5.74) is 1.07. The Morgan fingerprint density at radius 3 is 2.12 bits per heavy atom. The first-order valence-corrected chi connectivity index (χ1v) is 6.69. The quantitative estimate of drug-likeness (QED) is 0.485. The summed E-state index contributed by atoms with van der Waals surface area (Å²) in [4.78, 5) is 25.3. The van der Waals surface area contributed by atoms with Gasteiger partial charge in [0.2, 0.25) is 0 Å². The topological polar surface area (TPSA) is 37.4 Å². The Balaban J connectivity index is 2.28. The van der Waals surface area contributed by atoms with Gasteiger partial charge < -0.3 is 0 Å². The Labute approximate surface area is 108 Å². The lowest BCUT2D eigenvalue weighted by atomic mass is 10.1. The molecule has 0 spiro atoms. The van der Waals surface area contributed by atoms with Crippen LogP contribution in [0, 0.1) is 5.92 Å². The van der Waals surface area contributed by atoms with Crippen LogP contribution in [0.2, 0.25) is 0 Å². The summed E-state index contributed by atoms with van der Waals surface area (Å²) in [6, 6.07) is 7.00. The van der Waals surface area contributed by atoms with Gasteiger partial charge in [-0.3, -0.25) is 14.5 Å². The fourth-order valence-electron chi connectivity index (χ4n) is 1.77. The number of hydrogen-bond donors (Lipinski definition) is 0. The number of carbonyl (C=O) groups is 2. The summed E-state index contributed by atoms with van der Waals surface area (Å²) in [5.74, 6) is 0.0254. The highest BCUT2D eigenvalue weighted by molar-refractivity contribution is 14.1. The van der Waals surface area contributed by atoms with E-state index >= 15 is 0 Å². The summed E-state index contributed by atoms with van der Waals surface area (Å²) in [7, 11) is 0. The molecule has 1 aliphatic heterocycles. The van der Waals surface area contributed by atoms with Crippen molar-refractivity contribution >= 4 is 34.4 Å². The molecule has 0 N–H and O–H groups in total. The number of imide groups is 1.